The van der Waals surface area contributed by atoms with Gasteiger partial charge < -0.3 is 0 Å². The standard InChI is InChI=1S/C16H20N2S2/c1-11-3-2-4-12(7-11)8-14(18-17)16-9-13-10-19-6-5-15(13)20-16/h2-4,7,9,14,18H,5-6,8,10,17H2,1H3. The van der Waals surface area contributed by atoms with E-state index in [4.69, 9.17) is 5.84 Å². The first-order valence-corrected chi connectivity index (χ1v) is 8.94. The third kappa shape index (κ3) is 3.09. The first-order chi connectivity index (χ1) is 9.76. The first kappa shape index (κ1) is 14.1. The lowest BCUT2D eigenvalue weighted by Crippen LogP contribution is -2.29. The highest BCUT2D eigenvalue weighted by Crippen LogP contribution is 2.35. The van der Waals surface area contributed by atoms with Crippen molar-refractivity contribution in [3.8, 4) is 0 Å². The number of rotatable bonds is 4. The number of nitrogens with one attached hydrogen (secondary N) is 1. The summed E-state index contributed by atoms with van der Waals surface area (Å²) in [6.07, 6.45) is 2.16. The van der Waals surface area contributed by atoms with Crippen LogP contribution in [0.15, 0.2) is 30.3 Å². The zero-order chi connectivity index (χ0) is 13.9. The van der Waals surface area contributed by atoms with Crippen molar-refractivity contribution in [3.63, 3.8) is 0 Å². The van der Waals surface area contributed by atoms with Crippen LogP contribution in [0.1, 0.15) is 32.5 Å². The fourth-order valence-electron chi connectivity index (χ4n) is 2.66. The first-order valence-electron chi connectivity index (χ1n) is 6.97. The lowest BCUT2D eigenvalue weighted by molar-refractivity contribution is 0.560. The number of fused-ring (bicyclic) bond motifs is 1. The van der Waals surface area contributed by atoms with Crippen molar-refractivity contribution >= 4 is 23.1 Å². The van der Waals surface area contributed by atoms with Gasteiger partial charge in [-0.3, -0.25) is 11.3 Å². The highest BCUT2D eigenvalue weighted by Gasteiger charge is 2.19. The number of hydrogen-bond acceptors (Lipinski definition) is 4. The quantitative estimate of drug-likeness (QED) is 0.669. The van der Waals surface area contributed by atoms with E-state index >= 15 is 0 Å². The van der Waals surface area contributed by atoms with Crippen molar-refractivity contribution in [2.45, 2.75) is 31.6 Å². The molecule has 106 valence electrons. The molecule has 2 nitrogen and oxygen atoms in total. The number of aryl methyl sites for hydroxylation is 2. The Bertz CT molecular complexity index is 568. The van der Waals surface area contributed by atoms with Crippen LogP contribution in [0.2, 0.25) is 0 Å². The van der Waals surface area contributed by atoms with Crippen molar-refractivity contribution in [2.75, 3.05) is 5.75 Å². The van der Waals surface area contributed by atoms with Gasteiger partial charge in [0.1, 0.15) is 0 Å². The summed E-state index contributed by atoms with van der Waals surface area (Å²) in [7, 11) is 0. The number of thiophene rings is 1. The van der Waals surface area contributed by atoms with E-state index in [0.29, 0.717) is 0 Å². The van der Waals surface area contributed by atoms with Gasteiger partial charge in [-0.15, -0.1) is 11.3 Å². The van der Waals surface area contributed by atoms with E-state index in [0.717, 1.165) is 12.2 Å². The molecule has 0 aliphatic carbocycles. The second kappa shape index (κ2) is 6.31. The Kier molecular flexibility index (Phi) is 4.46. The monoisotopic (exact) mass is 304 g/mol. The van der Waals surface area contributed by atoms with Gasteiger partial charge in [0, 0.05) is 15.5 Å². The molecular weight excluding hydrogens is 284 g/mol. The van der Waals surface area contributed by atoms with Crippen LogP contribution in [0.3, 0.4) is 0 Å². The summed E-state index contributed by atoms with van der Waals surface area (Å²) in [5.41, 5.74) is 7.17. The highest BCUT2D eigenvalue weighted by molar-refractivity contribution is 7.98. The molecule has 0 amide bonds. The van der Waals surface area contributed by atoms with Gasteiger partial charge in [0.15, 0.2) is 0 Å². The average Bonchev–Trinajstić information content (AvgIpc) is 2.88. The van der Waals surface area contributed by atoms with Gasteiger partial charge in [-0.05, 0) is 42.7 Å². The lowest BCUT2D eigenvalue weighted by Gasteiger charge is -2.14. The Morgan fingerprint density at radius 1 is 1.35 bits per heavy atom. The number of hydrazine groups is 1. The summed E-state index contributed by atoms with van der Waals surface area (Å²) < 4.78 is 0. The predicted molar refractivity (Wildman–Crippen MR) is 89.1 cm³/mol. The molecule has 2 aromatic rings. The normalized spacial score (nSPS) is 15.9. The average molecular weight is 304 g/mol. The molecule has 1 aliphatic heterocycles. The molecule has 3 N–H and O–H groups in total. The molecule has 1 unspecified atom stereocenters. The fourth-order valence-corrected chi connectivity index (χ4v) is 5.09. The van der Waals surface area contributed by atoms with Crippen LogP contribution < -0.4 is 11.3 Å². The Balaban J connectivity index is 1.81. The van der Waals surface area contributed by atoms with E-state index in [1.807, 2.05) is 23.1 Å². The minimum atomic E-state index is 0.220. The SMILES string of the molecule is Cc1cccc(CC(NN)c2cc3c(s2)CCSC3)c1. The molecule has 1 aromatic carbocycles. The minimum absolute atomic E-state index is 0.220. The van der Waals surface area contributed by atoms with Crippen molar-refractivity contribution in [3.05, 3.63) is 56.8 Å². The number of benzene rings is 1. The summed E-state index contributed by atoms with van der Waals surface area (Å²) in [6, 6.07) is 11.3. The van der Waals surface area contributed by atoms with Gasteiger partial charge in [-0.2, -0.15) is 11.8 Å². The Hall–Kier alpha value is -0.810. The van der Waals surface area contributed by atoms with Crippen LogP contribution in [0.5, 0.6) is 0 Å². The molecule has 0 fully saturated rings. The van der Waals surface area contributed by atoms with Gasteiger partial charge in [-0.1, -0.05) is 29.8 Å². The smallest absolute Gasteiger partial charge is 0.0593 e. The van der Waals surface area contributed by atoms with Crippen LogP contribution in [0, 0.1) is 6.92 Å². The minimum Gasteiger partial charge on any atom is -0.271 e. The Morgan fingerprint density at radius 2 is 2.25 bits per heavy atom. The molecular formula is C16H20N2S2. The number of thioether (sulfide) groups is 1. The van der Waals surface area contributed by atoms with Crippen LogP contribution in [0.25, 0.3) is 0 Å². The topological polar surface area (TPSA) is 38.0 Å². The highest BCUT2D eigenvalue weighted by atomic mass is 32.2. The molecule has 0 radical (unpaired) electrons. The second-order valence-electron chi connectivity index (χ2n) is 5.31. The largest absolute Gasteiger partial charge is 0.271 e. The van der Waals surface area contributed by atoms with Crippen LogP contribution in [0.4, 0.5) is 0 Å². The van der Waals surface area contributed by atoms with Gasteiger partial charge in [0.2, 0.25) is 0 Å². The third-order valence-corrected chi connectivity index (χ3v) is 6.07. The Morgan fingerprint density at radius 3 is 3.00 bits per heavy atom. The van der Waals surface area contributed by atoms with Crippen LogP contribution in [-0.2, 0) is 18.6 Å². The maximum absolute atomic E-state index is 5.80. The van der Waals surface area contributed by atoms with E-state index in [1.54, 1.807) is 4.88 Å². The van der Waals surface area contributed by atoms with Crippen molar-refractivity contribution in [1.29, 1.82) is 0 Å². The number of hydrogen-bond donors (Lipinski definition) is 2. The van der Waals surface area contributed by atoms with Crippen LogP contribution >= 0.6 is 23.1 Å². The second-order valence-corrected chi connectivity index (χ2v) is 7.59. The molecule has 3 rings (SSSR count). The molecule has 1 atom stereocenters. The van der Waals surface area contributed by atoms with E-state index in [-0.39, 0.29) is 6.04 Å². The maximum atomic E-state index is 5.80. The zero-order valence-corrected chi connectivity index (χ0v) is 13.3. The summed E-state index contributed by atoms with van der Waals surface area (Å²) in [5.74, 6) is 8.22. The van der Waals surface area contributed by atoms with Gasteiger partial charge >= 0.3 is 0 Å². The molecule has 0 saturated heterocycles. The van der Waals surface area contributed by atoms with Crippen molar-refractivity contribution in [1.82, 2.24) is 5.43 Å². The maximum Gasteiger partial charge on any atom is 0.0593 e. The molecule has 1 aromatic heterocycles. The molecule has 4 heteroatoms. The van der Waals surface area contributed by atoms with E-state index in [1.165, 1.54) is 33.7 Å². The van der Waals surface area contributed by atoms with E-state index in [9.17, 15) is 0 Å². The molecule has 1 aliphatic rings. The van der Waals surface area contributed by atoms with Gasteiger partial charge in [-0.25, -0.2) is 0 Å². The lowest BCUT2D eigenvalue weighted by atomic mass is 10.0. The van der Waals surface area contributed by atoms with Crippen LogP contribution in [-0.4, -0.2) is 5.75 Å². The fraction of sp³-hybridized carbons (Fsp3) is 0.375. The van der Waals surface area contributed by atoms with Crippen molar-refractivity contribution in [2.24, 2.45) is 5.84 Å². The van der Waals surface area contributed by atoms with Gasteiger partial charge in [0.25, 0.3) is 0 Å². The third-order valence-electron chi connectivity index (χ3n) is 3.71. The number of nitrogens with two attached hydrogens (primary N) is 1. The Labute approximate surface area is 128 Å². The predicted octanol–water partition coefficient (Wildman–Crippen LogP) is 3.59. The van der Waals surface area contributed by atoms with Gasteiger partial charge in [0.05, 0.1) is 6.04 Å². The van der Waals surface area contributed by atoms with Crippen molar-refractivity contribution < 1.29 is 0 Å². The molecule has 0 saturated carbocycles. The molecule has 2 heterocycles. The molecule has 0 spiro atoms. The molecule has 0 bridgehead atoms. The zero-order valence-electron chi connectivity index (χ0n) is 11.7. The summed E-state index contributed by atoms with van der Waals surface area (Å²) >= 11 is 3.97. The molecule has 20 heavy (non-hydrogen) atoms. The van der Waals surface area contributed by atoms with E-state index < -0.39 is 0 Å². The summed E-state index contributed by atoms with van der Waals surface area (Å²) in [4.78, 5) is 2.93. The summed E-state index contributed by atoms with van der Waals surface area (Å²) in [5, 5.41) is 0. The summed E-state index contributed by atoms with van der Waals surface area (Å²) in [6.45, 7) is 2.13. The van der Waals surface area contributed by atoms with E-state index in [2.05, 4.69) is 42.7 Å².